The maximum Gasteiger partial charge on any atom is 0.103 e. The zero-order chi connectivity index (χ0) is 15.2. The second-order valence-corrected chi connectivity index (χ2v) is 6.42. The first-order valence-electron chi connectivity index (χ1n) is 7.32. The van der Waals surface area contributed by atoms with Crippen molar-refractivity contribution in [3.63, 3.8) is 0 Å². The van der Waals surface area contributed by atoms with Crippen molar-refractivity contribution >= 4 is 9.47 Å². The topological polar surface area (TPSA) is 15.7 Å². The van der Waals surface area contributed by atoms with E-state index in [1.54, 1.807) is 0 Å². The molecular weight excluding hydrogens is 255 g/mol. The predicted molar refractivity (Wildman–Crippen MR) is 88.0 cm³/mol. The minimum atomic E-state index is 0.468. The van der Waals surface area contributed by atoms with Gasteiger partial charge in [0.1, 0.15) is 5.82 Å². The van der Waals surface area contributed by atoms with Gasteiger partial charge in [-0.25, -0.2) is 0 Å². The molecule has 0 aliphatic carbocycles. The largest absolute Gasteiger partial charge is 0.361 e. The molecule has 4 heteroatoms. The van der Waals surface area contributed by atoms with E-state index in [2.05, 4.69) is 80.7 Å². The molecule has 0 N–H and O–H groups in total. The van der Waals surface area contributed by atoms with Gasteiger partial charge in [0.25, 0.3) is 0 Å². The Hall–Kier alpha value is -0.270. The zero-order valence-corrected chi connectivity index (χ0v) is 15.1. The smallest absolute Gasteiger partial charge is 0.103 e. The first kappa shape index (κ1) is 18.7. The van der Waals surface area contributed by atoms with E-state index >= 15 is 0 Å². The molecule has 0 aromatic rings. The molecule has 0 saturated carbocycles. The van der Waals surface area contributed by atoms with Gasteiger partial charge in [-0.2, -0.15) is 0 Å². The molecule has 1 atom stereocenters. The van der Waals surface area contributed by atoms with Crippen molar-refractivity contribution in [1.29, 1.82) is 0 Å². The van der Waals surface area contributed by atoms with Crippen LogP contribution in [0.1, 0.15) is 55.4 Å². The highest BCUT2D eigenvalue weighted by molar-refractivity contribution is 7.09. The van der Waals surface area contributed by atoms with E-state index in [0.29, 0.717) is 30.8 Å². The van der Waals surface area contributed by atoms with Crippen LogP contribution in [0.25, 0.3) is 0 Å². The average Bonchev–Trinajstić information content (AvgIpc) is 2.23. The van der Waals surface area contributed by atoms with E-state index in [1.165, 1.54) is 5.82 Å². The van der Waals surface area contributed by atoms with Crippen LogP contribution >= 0.6 is 9.47 Å². The molecule has 0 fully saturated rings. The van der Waals surface area contributed by atoms with Crippen molar-refractivity contribution in [2.45, 2.75) is 79.6 Å². The molecule has 0 saturated heterocycles. The lowest BCUT2D eigenvalue weighted by Gasteiger charge is -2.45. The van der Waals surface area contributed by atoms with Crippen LogP contribution in [-0.4, -0.2) is 40.6 Å². The van der Waals surface area contributed by atoms with E-state index in [9.17, 15) is 0 Å². The summed E-state index contributed by atoms with van der Waals surface area (Å²) in [7, 11) is 2.32. The molecule has 0 aromatic heterocycles. The lowest BCUT2D eigenvalue weighted by molar-refractivity contribution is 0.105. The summed E-state index contributed by atoms with van der Waals surface area (Å²) in [6.07, 6.45) is 2.19. The van der Waals surface area contributed by atoms with Crippen molar-refractivity contribution < 1.29 is 4.52 Å². The maximum absolute atomic E-state index is 5.18. The van der Waals surface area contributed by atoms with E-state index in [1.807, 2.05) is 0 Å². The van der Waals surface area contributed by atoms with Crippen LogP contribution in [0.15, 0.2) is 11.9 Å². The van der Waals surface area contributed by atoms with Gasteiger partial charge in [0.2, 0.25) is 0 Å². The number of hydrogen-bond acceptors (Lipinski definition) is 3. The van der Waals surface area contributed by atoms with Gasteiger partial charge >= 0.3 is 0 Å². The van der Waals surface area contributed by atoms with E-state index in [-0.39, 0.29) is 0 Å². The van der Waals surface area contributed by atoms with Gasteiger partial charge in [0.15, 0.2) is 0 Å². The van der Waals surface area contributed by atoms with Crippen LogP contribution in [0.5, 0.6) is 0 Å². The summed E-state index contributed by atoms with van der Waals surface area (Å²) in [5.74, 6) is 1.28. The quantitative estimate of drug-likeness (QED) is 0.631. The fraction of sp³-hybridized carbons (Fsp3) is 0.867. The zero-order valence-electron chi connectivity index (χ0n) is 14.0. The van der Waals surface area contributed by atoms with E-state index < -0.39 is 0 Å². The highest BCUT2D eigenvalue weighted by Crippen LogP contribution is 2.23. The summed E-state index contributed by atoms with van der Waals surface area (Å²) in [4.78, 5) is 4.92. The molecular formula is C15H33N2OP. The van der Waals surface area contributed by atoms with Crippen LogP contribution in [0.4, 0.5) is 0 Å². The molecule has 0 aromatic carbocycles. The van der Waals surface area contributed by atoms with Crippen LogP contribution in [0, 0.1) is 0 Å². The van der Waals surface area contributed by atoms with Crippen molar-refractivity contribution in [3.8, 4) is 0 Å². The maximum atomic E-state index is 5.18. The summed E-state index contributed by atoms with van der Waals surface area (Å²) in [5.41, 5.74) is 0. The lowest BCUT2D eigenvalue weighted by atomic mass is 10.1. The van der Waals surface area contributed by atoms with Crippen molar-refractivity contribution in [1.82, 2.24) is 9.80 Å². The van der Waals surface area contributed by atoms with Crippen molar-refractivity contribution in [3.05, 3.63) is 11.9 Å². The van der Waals surface area contributed by atoms with Gasteiger partial charge in [-0.15, -0.1) is 0 Å². The Morgan fingerprint density at radius 1 is 0.842 bits per heavy atom. The third-order valence-corrected chi connectivity index (χ3v) is 3.31. The van der Waals surface area contributed by atoms with Crippen LogP contribution in [0.2, 0.25) is 0 Å². The molecule has 0 heterocycles. The summed E-state index contributed by atoms with van der Waals surface area (Å²) < 4.78 is 5.18. The second-order valence-electron chi connectivity index (χ2n) is 6.09. The summed E-state index contributed by atoms with van der Waals surface area (Å²) in [6, 6.07) is 1.87. The second kappa shape index (κ2) is 8.81. The Morgan fingerprint density at radius 3 is 1.37 bits per heavy atom. The van der Waals surface area contributed by atoms with E-state index in [0.717, 1.165) is 0 Å². The Balaban J connectivity index is 5.51. The fourth-order valence-corrected chi connectivity index (χ4v) is 2.81. The molecule has 0 amide bonds. The van der Waals surface area contributed by atoms with Crippen LogP contribution in [-0.2, 0) is 4.52 Å². The first-order valence-corrected chi connectivity index (χ1v) is 7.79. The molecule has 0 radical (unpaired) electrons. The summed E-state index contributed by atoms with van der Waals surface area (Å²) >= 11 is 0. The Morgan fingerprint density at radius 2 is 1.16 bits per heavy atom. The highest BCUT2D eigenvalue weighted by atomic mass is 31.0. The van der Waals surface area contributed by atoms with E-state index in [4.69, 9.17) is 4.52 Å². The van der Waals surface area contributed by atoms with Gasteiger partial charge in [0.05, 0.1) is 6.61 Å². The third kappa shape index (κ3) is 5.71. The molecule has 0 bridgehead atoms. The molecule has 0 rings (SSSR count). The van der Waals surface area contributed by atoms with Gasteiger partial charge in [-0.05, 0) is 61.5 Å². The molecule has 0 aliphatic rings. The fourth-order valence-electron chi connectivity index (χ4n) is 2.72. The molecule has 3 nitrogen and oxygen atoms in total. The minimum Gasteiger partial charge on any atom is -0.361 e. The Labute approximate surface area is 122 Å². The van der Waals surface area contributed by atoms with Crippen LogP contribution in [0.3, 0.4) is 0 Å². The highest BCUT2D eigenvalue weighted by Gasteiger charge is 2.25. The van der Waals surface area contributed by atoms with Gasteiger partial charge in [-0.1, -0.05) is 0 Å². The number of nitrogens with zero attached hydrogens (tertiary/aromatic N) is 2. The standard InChI is InChI=1S/C15H33N2OP/c1-11(2)16(12(3)4)15(9-10-18-19)17(13(5)6)14(7)8/h9,11-14H,10,19H2,1-8H3. The van der Waals surface area contributed by atoms with Gasteiger partial charge in [0, 0.05) is 33.6 Å². The molecule has 1 unspecified atom stereocenters. The number of hydrogen-bond donors (Lipinski definition) is 0. The minimum absolute atomic E-state index is 0.468. The predicted octanol–water partition coefficient (Wildman–Crippen LogP) is 3.87. The molecule has 114 valence electrons. The monoisotopic (exact) mass is 288 g/mol. The lowest BCUT2D eigenvalue weighted by Crippen LogP contribution is -2.48. The van der Waals surface area contributed by atoms with Crippen molar-refractivity contribution in [2.24, 2.45) is 0 Å². The SMILES string of the molecule is CC(C)N(C(=CCOP)N(C(C)C)C(C)C)C(C)C. The Bertz CT molecular complexity index is 237. The molecule has 0 spiro atoms. The number of rotatable bonds is 8. The molecule has 0 aliphatic heterocycles. The average molecular weight is 288 g/mol. The molecule has 19 heavy (non-hydrogen) atoms. The van der Waals surface area contributed by atoms with Crippen LogP contribution < -0.4 is 0 Å². The summed E-state index contributed by atoms with van der Waals surface area (Å²) in [6.45, 7) is 18.6. The summed E-state index contributed by atoms with van der Waals surface area (Å²) in [5, 5.41) is 0. The Kier molecular flexibility index (Phi) is 8.69. The third-order valence-electron chi connectivity index (χ3n) is 3.12. The van der Waals surface area contributed by atoms with Crippen molar-refractivity contribution in [2.75, 3.05) is 6.61 Å². The first-order chi connectivity index (χ1) is 8.73. The normalized spacial score (nSPS) is 11.6. The van der Waals surface area contributed by atoms with Gasteiger partial charge < -0.3 is 14.3 Å². The van der Waals surface area contributed by atoms with Gasteiger partial charge in [-0.3, -0.25) is 0 Å².